The first kappa shape index (κ1) is 22.6. The van der Waals surface area contributed by atoms with Gasteiger partial charge >= 0.3 is 0 Å². The zero-order valence-corrected chi connectivity index (χ0v) is 19.7. The van der Waals surface area contributed by atoms with Gasteiger partial charge in [0.25, 0.3) is 0 Å². The van der Waals surface area contributed by atoms with Crippen LogP contribution in [-0.2, 0) is 6.61 Å². The summed E-state index contributed by atoms with van der Waals surface area (Å²) in [6.07, 6.45) is 9.77. The molecule has 0 aliphatic carbocycles. The first-order valence-corrected chi connectivity index (χ1v) is 13.1. The van der Waals surface area contributed by atoms with Crippen molar-refractivity contribution in [1.29, 1.82) is 0 Å². The van der Waals surface area contributed by atoms with Gasteiger partial charge in [0.15, 0.2) is 0 Å². The van der Waals surface area contributed by atoms with E-state index in [-0.39, 0.29) is 6.61 Å². The Morgan fingerprint density at radius 3 is 2.34 bits per heavy atom. The van der Waals surface area contributed by atoms with Gasteiger partial charge in [-0.2, -0.15) is 0 Å². The summed E-state index contributed by atoms with van der Waals surface area (Å²) in [5, 5.41) is 9.90. The fourth-order valence-electron chi connectivity index (χ4n) is 4.30. The summed E-state index contributed by atoms with van der Waals surface area (Å²) in [6, 6.07) is 15.4. The number of para-hydroxylation sites is 1. The maximum Gasteiger partial charge on any atom is 0.0693 e. The highest BCUT2D eigenvalue weighted by atomic mass is 32.2. The third kappa shape index (κ3) is 5.34. The fourth-order valence-corrected chi connectivity index (χ4v) is 6.30. The van der Waals surface area contributed by atoms with Crippen molar-refractivity contribution in [2.75, 3.05) is 23.5 Å². The molecule has 2 nitrogen and oxygen atoms in total. The molecule has 0 fully saturated rings. The number of rotatable bonds is 9. The molecule has 4 heteroatoms. The first-order chi connectivity index (χ1) is 14.2. The molecule has 158 valence electrons. The molecule has 3 rings (SSSR count). The van der Waals surface area contributed by atoms with Gasteiger partial charge in [-0.3, -0.25) is 0 Å². The lowest BCUT2D eigenvalue weighted by Gasteiger charge is -2.37. The Morgan fingerprint density at radius 2 is 1.76 bits per heavy atom. The largest absolute Gasteiger partial charge is 0.392 e. The Hall–Kier alpha value is -1.10. The van der Waals surface area contributed by atoms with Crippen LogP contribution < -0.4 is 4.90 Å². The van der Waals surface area contributed by atoms with E-state index < -0.39 is 0 Å². The minimum Gasteiger partial charge on any atom is -0.392 e. The zero-order valence-electron chi connectivity index (χ0n) is 18.1. The quantitative estimate of drug-likeness (QED) is 0.417. The SMILES string of the molecule is CCCCC1(CCCC)CSc2cc(CO)c(SC)cc2N(c2ccccc2)C1. The average Bonchev–Trinajstić information content (AvgIpc) is 2.93. The second-order valence-electron chi connectivity index (χ2n) is 8.21. The molecule has 0 spiro atoms. The van der Waals surface area contributed by atoms with Crippen molar-refractivity contribution in [1.82, 2.24) is 0 Å². The van der Waals surface area contributed by atoms with Gasteiger partial charge in [0.05, 0.1) is 12.3 Å². The number of hydrogen-bond acceptors (Lipinski definition) is 4. The Labute approximate surface area is 185 Å². The molecule has 1 aliphatic heterocycles. The molecule has 1 aliphatic rings. The van der Waals surface area contributed by atoms with Crippen LogP contribution in [0.2, 0.25) is 0 Å². The van der Waals surface area contributed by atoms with Crippen LogP contribution in [0.5, 0.6) is 0 Å². The maximum absolute atomic E-state index is 9.90. The lowest BCUT2D eigenvalue weighted by molar-refractivity contribution is 0.274. The van der Waals surface area contributed by atoms with Crippen LogP contribution in [-0.4, -0.2) is 23.7 Å². The van der Waals surface area contributed by atoms with Crippen molar-refractivity contribution in [3.05, 3.63) is 48.0 Å². The topological polar surface area (TPSA) is 23.5 Å². The van der Waals surface area contributed by atoms with Crippen molar-refractivity contribution in [3.63, 3.8) is 0 Å². The number of aliphatic hydroxyl groups excluding tert-OH is 1. The van der Waals surface area contributed by atoms with E-state index >= 15 is 0 Å². The molecule has 0 aromatic heterocycles. The van der Waals surface area contributed by atoms with Gasteiger partial charge in [-0.1, -0.05) is 57.7 Å². The second kappa shape index (κ2) is 10.8. The van der Waals surface area contributed by atoms with Gasteiger partial charge in [-0.05, 0) is 54.3 Å². The molecule has 2 aromatic carbocycles. The van der Waals surface area contributed by atoms with Crippen molar-refractivity contribution < 1.29 is 5.11 Å². The molecule has 29 heavy (non-hydrogen) atoms. The predicted octanol–water partition coefficient (Wildman–Crippen LogP) is 7.51. The zero-order chi connectivity index (χ0) is 20.7. The lowest BCUT2D eigenvalue weighted by Crippen LogP contribution is -2.36. The molecule has 1 N–H and O–H groups in total. The normalized spacial score (nSPS) is 15.8. The van der Waals surface area contributed by atoms with E-state index in [4.69, 9.17) is 0 Å². The number of hydrogen-bond donors (Lipinski definition) is 1. The molecular weight excluding hydrogens is 394 g/mol. The van der Waals surface area contributed by atoms with Crippen LogP contribution in [0.3, 0.4) is 0 Å². The van der Waals surface area contributed by atoms with Gasteiger partial charge < -0.3 is 10.0 Å². The summed E-state index contributed by atoms with van der Waals surface area (Å²) in [4.78, 5) is 5.05. The molecule has 0 unspecified atom stereocenters. The van der Waals surface area contributed by atoms with Crippen molar-refractivity contribution >= 4 is 34.9 Å². The number of benzene rings is 2. The van der Waals surface area contributed by atoms with Crippen molar-refractivity contribution in [2.24, 2.45) is 5.41 Å². The minimum atomic E-state index is 0.103. The number of unbranched alkanes of at least 4 members (excludes halogenated alkanes) is 2. The molecule has 2 aromatic rings. The highest BCUT2D eigenvalue weighted by molar-refractivity contribution is 7.99. The van der Waals surface area contributed by atoms with Crippen molar-refractivity contribution in [2.45, 2.75) is 68.8 Å². The third-order valence-electron chi connectivity index (χ3n) is 6.04. The molecule has 1 heterocycles. The van der Waals surface area contributed by atoms with Gasteiger partial charge in [0.1, 0.15) is 0 Å². The van der Waals surface area contributed by atoms with Crippen LogP contribution in [0.1, 0.15) is 57.9 Å². The third-order valence-corrected chi connectivity index (χ3v) is 8.25. The summed E-state index contributed by atoms with van der Waals surface area (Å²) < 4.78 is 0. The number of fused-ring (bicyclic) bond motifs is 1. The molecular formula is C25H35NOS2. The minimum absolute atomic E-state index is 0.103. The first-order valence-electron chi connectivity index (χ1n) is 10.9. The van der Waals surface area contributed by atoms with E-state index in [2.05, 4.69) is 67.5 Å². The van der Waals surface area contributed by atoms with Gasteiger partial charge in [-0.25, -0.2) is 0 Å². The van der Waals surface area contributed by atoms with E-state index in [1.54, 1.807) is 11.8 Å². The maximum atomic E-state index is 9.90. The number of thioether (sulfide) groups is 2. The summed E-state index contributed by atoms with van der Waals surface area (Å²) in [7, 11) is 0. The molecule has 0 amide bonds. The Morgan fingerprint density at radius 1 is 1.07 bits per heavy atom. The smallest absolute Gasteiger partial charge is 0.0693 e. The lowest BCUT2D eigenvalue weighted by atomic mass is 9.79. The Bertz CT molecular complexity index is 770. The van der Waals surface area contributed by atoms with Crippen LogP contribution in [0.25, 0.3) is 0 Å². The van der Waals surface area contributed by atoms with E-state index in [1.165, 1.54) is 59.7 Å². The van der Waals surface area contributed by atoms with E-state index in [0.717, 1.165) is 17.9 Å². The monoisotopic (exact) mass is 429 g/mol. The highest BCUT2D eigenvalue weighted by Gasteiger charge is 2.36. The number of anilines is 2. The molecule has 0 saturated heterocycles. The average molecular weight is 430 g/mol. The molecule has 0 atom stereocenters. The van der Waals surface area contributed by atoms with Crippen LogP contribution >= 0.6 is 23.5 Å². The molecule has 0 saturated carbocycles. The predicted molar refractivity (Wildman–Crippen MR) is 130 cm³/mol. The summed E-state index contributed by atoms with van der Waals surface area (Å²) >= 11 is 3.73. The summed E-state index contributed by atoms with van der Waals surface area (Å²) in [6.45, 7) is 5.79. The Balaban J connectivity index is 2.09. The van der Waals surface area contributed by atoms with E-state index in [0.29, 0.717) is 5.41 Å². The van der Waals surface area contributed by atoms with Crippen molar-refractivity contribution in [3.8, 4) is 0 Å². The van der Waals surface area contributed by atoms with Gasteiger partial charge in [0.2, 0.25) is 0 Å². The van der Waals surface area contributed by atoms with Crippen LogP contribution in [0.4, 0.5) is 11.4 Å². The van der Waals surface area contributed by atoms with Gasteiger partial charge in [0, 0.05) is 27.8 Å². The highest BCUT2D eigenvalue weighted by Crippen LogP contribution is 2.48. The number of aliphatic hydroxyl groups is 1. The number of nitrogens with zero attached hydrogens (tertiary/aromatic N) is 1. The fraction of sp³-hybridized carbons (Fsp3) is 0.520. The summed E-state index contributed by atoms with van der Waals surface area (Å²) in [5.41, 5.74) is 3.95. The van der Waals surface area contributed by atoms with Crippen LogP contribution in [0.15, 0.2) is 52.3 Å². The standard InChI is InChI=1S/C25H35NOS2/c1-4-6-13-25(14-7-5-2)18-26(21-11-9-8-10-12-21)22-16-23(28-3)20(17-27)15-24(22)29-19-25/h8-12,15-16,27H,4-7,13-14,17-19H2,1-3H3. The Kier molecular flexibility index (Phi) is 8.40. The van der Waals surface area contributed by atoms with Gasteiger partial charge in [-0.15, -0.1) is 23.5 Å². The second-order valence-corrected chi connectivity index (χ2v) is 10.1. The molecule has 0 radical (unpaired) electrons. The van der Waals surface area contributed by atoms with E-state index in [1.807, 2.05) is 11.8 Å². The van der Waals surface area contributed by atoms with E-state index in [9.17, 15) is 5.11 Å². The molecule has 0 bridgehead atoms. The van der Waals surface area contributed by atoms with Crippen LogP contribution in [0, 0.1) is 5.41 Å². The summed E-state index contributed by atoms with van der Waals surface area (Å²) in [5.74, 6) is 1.16.